The first kappa shape index (κ1) is 13.8. The van der Waals surface area contributed by atoms with Crippen LogP contribution in [0, 0.1) is 0 Å². The number of hydrogen-bond donors (Lipinski definition) is 2. The number of halogens is 2. The second kappa shape index (κ2) is 5.89. The first-order chi connectivity index (χ1) is 7.43. The maximum atomic E-state index is 12.2. The highest BCUT2D eigenvalue weighted by Crippen LogP contribution is 2.14. The van der Waals surface area contributed by atoms with Crippen molar-refractivity contribution in [3.63, 3.8) is 0 Å². The topological polar surface area (TPSA) is 35.5 Å². The average molecular weight is 236 g/mol. The number of nitrogens with zero attached hydrogens (tertiary/aromatic N) is 1. The fraction of sp³-hybridized carbons (Fsp3) is 1.00. The van der Waals surface area contributed by atoms with E-state index in [-0.39, 0.29) is 18.7 Å². The van der Waals surface area contributed by atoms with E-state index in [1.54, 1.807) is 4.90 Å². The zero-order valence-corrected chi connectivity index (χ0v) is 10.0. The maximum absolute atomic E-state index is 12.2. The lowest BCUT2D eigenvalue weighted by atomic mass is 9.99. The van der Waals surface area contributed by atoms with Gasteiger partial charge >= 0.3 is 0 Å². The van der Waals surface area contributed by atoms with Crippen LogP contribution in [-0.2, 0) is 0 Å². The zero-order chi connectivity index (χ0) is 12.2. The van der Waals surface area contributed by atoms with Crippen LogP contribution in [0.4, 0.5) is 8.78 Å². The van der Waals surface area contributed by atoms with Crippen molar-refractivity contribution >= 4 is 0 Å². The Hall–Kier alpha value is -0.260. The summed E-state index contributed by atoms with van der Waals surface area (Å²) in [6.07, 6.45) is -0.495. The fourth-order valence-electron chi connectivity index (χ4n) is 2.05. The summed E-state index contributed by atoms with van der Waals surface area (Å²) in [6, 6.07) is 0.330. The molecule has 0 aromatic rings. The van der Waals surface area contributed by atoms with Gasteiger partial charge in [-0.1, -0.05) is 0 Å². The highest BCUT2D eigenvalue weighted by atomic mass is 19.3. The van der Waals surface area contributed by atoms with Crippen molar-refractivity contribution < 1.29 is 13.9 Å². The summed E-state index contributed by atoms with van der Waals surface area (Å²) in [4.78, 5) is 1.80. The summed E-state index contributed by atoms with van der Waals surface area (Å²) in [5.74, 6) is 0. The van der Waals surface area contributed by atoms with E-state index in [4.69, 9.17) is 5.11 Å². The smallest absolute Gasteiger partial charge is 0.251 e. The summed E-state index contributed by atoms with van der Waals surface area (Å²) >= 11 is 0. The van der Waals surface area contributed by atoms with Crippen molar-refractivity contribution in [1.82, 2.24) is 10.2 Å². The molecule has 0 aromatic heterocycles. The third kappa shape index (κ3) is 4.72. The van der Waals surface area contributed by atoms with Gasteiger partial charge in [-0.15, -0.1) is 0 Å². The summed E-state index contributed by atoms with van der Waals surface area (Å²) < 4.78 is 24.3. The van der Waals surface area contributed by atoms with Gasteiger partial charge in [-0.25, -0.2) is 8.78 Å². The molecule has 1 fully saturated rings. The van der Waals surface area contributed by atoms with Crippen molar-refractivity contribution in [2.45, 2.75) is 44.7 Å². The van der Waals surface area contributed by atoms with Crippen LogP contribution in [0.25, 0.3) is 0 Å². The van der Waals surface area contributed by atoms with Crippen LogP contribution in [-0.4, -0.2) is 54.3 Å². The molecule has 1 saturated heterocycles. The van der Waals surface area contributed by atoms with Gasteiger partial charge in [0.2, 0.25) is 0 Å². The van der Waals surface area contributed by atoms with E-state index in [0.717, 1.165) is 12.8 Å². The lowest BCUT2D eigenvalue weighted by Gasteiger charge is -2.36. The highest BCUT2D eigenvalue weighted by molar-refractivity contribution is 4.85. The lowest BCUT2D eigenvalue weighted by molar-refractivity contribution is 0.0675. The van der Waals surface area contributed by atoms with Gasteiger partial charge in [-0.05, 0) is 39.8 Å². The van der Waals surface area contributed by atoms with Gasteiger partial charge in [0.1, 0.15) is 0 Å². The minimum Gasteiger partial charge on any atom is -0.394 e. The third-order valence-electron chi connectivity index (χ3n) is 2.97. The molecule has 96 valence electrons. The Morgan fingerprint density at radius 2 is 1.94 bits per heavy atom. The molecule has 16 heavy (non-hydrogen) atoms. The highest BCUT2D eigenvalue weighted by Gasteiger charge is 2.25. The van der Waals surface area contributed by atoms with E-state index in [1.807, 2.05) is 13.8 Å². The quantitative estimate of drug-likeness (QED) is 0.749. The van der Waals surface area contributed by atoms with Gasteiger partial charge in [0.25, 0.3) is 6.43 Å². The molecule has 0 radical (unpaired) electrons. The van der Waals surface area contributed by atoms with Crippen LogP contribution < -0.4 is 5.32 Å². The molecule has 1 rings (SSSR count). The first-order valence-corrected chi connectivity index (χ1v) is 5.82. The van der Waals surface area contributed by atoms with E-state index >= 15 is 0 Å². The van der Waals surface area contributed by atoms with Gasteiger partial charge < -0.3 is 10.4 Å². The number of rotatable bonds is 5. The average Bonchev–Trinajstić information content (AvgIpc) is 2.20. The number of piperidine rings is 1. The zero-order valence-electron chi connectivity index (χ0n) is 10.0. The van der Waals surface area contributed by atoms with Crippen LogP contribution in [0.1, 0.15) is 26.7 Å². The number of nitrogens with one attached hydrogen (secondary N) is 1. The van der Waals surface area contributed by atoms with Crippen molar-refractivity contribution in [2.24, 2.45) is 0 Å². The summed E-state index contributed by atoms with van der Waals surface area (Å²) in [5, 5.41) is 12.5. The number of aliphatic hydroxyl groups excluding tert-OH is 1. The normalized spacial score (nSPS) is 20.6. The van der Waals surface area contributed by atoms with Crippen LogP contribution in [0.2, 0.25) is 0 Å². The molecule has 3 nitrogen and oxygen atoms in total. The Balaban J connectivity index is 2.27. The van der Waals surface area contributed by atoms with Gasteiger partial charge in [-0.2, -0.15) is 0 Å². The molecule has 0 amide bonds. The minimum atomic E-state index is -2.24. The van der Waals surface area contributed by atoms with Crippen molar-refractivity contribution in [3.05, 3.63) is 0 Å². The molecule has 0 saturated carbocycles. The lowest BCUT2D eigenvalue weighted by Crippen LogP contribution is -2.52. The summed E-state index contributed by atoms with van der Waals surface area (Å²) in [5.41, 5.74) is -0.282. The minimum absolute atomic E-state index is 0.0875. The van der Waals surface area contributed by atoms with Crippen LogP contribution in [0.15, 0.2) is 0 Å². The van der Waals surface area contributed by atoms with E-state index < -0.39 is 6.43 Å². The van der Waals surface area contributed by atoms with E-state index in [1.165, 1.54) is 0 Å². The van der Waals surface area contributed by atoms with Gasteiger partial charge in [-0.3, -0.25) is 4.90 Å². The van der Waals surface area contributed by atoms with Crippen molar-refractivity contribution in [3.8, 4) is 0 Å². The predicted octanol–water partition coefficient (Wildman–Crippen LogP) is 1.08. The Labute approximate surface area is 95.8 Å². The maximum Gasteiger partial charge on any atom is 0.251 e. The molecular weight excluding hydrogens is 214 g/mol. The first-order valence-electron chi connectivity index (χ1n) is 5.82. The second-order valence-corrected chi connectivity index (χ2v) is 5.15. The Morgan fingerprint density at radius 3 is 2.38 bits per heavy atom. The molecule has 0 aliphatic carbocycles. The van der Waals surface area contributed by atoms with E-state index in [9.17, 15) is 8.78 Å². The molecular formula is C11H22F2N2O. The molecule has 5 heteroatoms. The predicted molar refractivity (Wildman–Crippen MR) is 59.8 cm³/mol. The Kier molecular flexibility index (Phi) is 5.08. The molecule has 0 atom stereocenters. The molecule has 0 aromatic carbocycles. The molecule has 2 N–H and O–H groups in total. The fourth-order valence-corrected chi connectivity index (χ4v) is 2.05. The van der Waals surface area contributed by atoms with E-state index in [0.29, 0.717) is 19.1 Å². The molecule has 0 spiro atoms. The Morgan fingerprint density at radius 1 is 1.38 bits per heavy atom. The van der Waals surface area contributed by atoms with Crippen molar-refractivity contribution in [2.75, 3.05) is 26.2 Å². The molecule has 1 aliphatic heterocycles. The van der Waals surface area contributed by atoms with E-state index in [2.05, 4.69) is 5.32 Å². The third-order valence-corrected chi connectivity index (χ3v) is 2.97. The van der Waals surface area contributed by atoms with Gasteiger partial charge in [0, 0.05) is 11.6 Å². The number of alkyl halides is 2. The van der Waals surface area contributed by atoms with Crippen molar-refractivity contribution in [1.29, 1.82) is 0 Å². The number of likely N-dealkylation sites (tertiary alicyclic amines) is 1. The molecule has 1 aliphatic rings. The van der Waals surface area contributed by atoms with Crippen LogP contribution in [0.5, 0.6) is 0 Å². The van der Waals surface area contributed by atoms with Gasteiger partial charge in [0.15, 0.2) is 0 Å². The standard InChI is InChI=1S/C11H22F2N2O/c1-11(2,8-16)14-9-3-5-15(6-4-9)7-10(12)13/h9-10,14,16H,3-8H2,1-2H3. The second-order valence-electron chi connectivity index (χ2n) is 5.15. The number of hydrogen-bond acceptors (Lipinski definition) is 3. The monoisotopic (exact) mass is 236 g/mol. The molecule has 1 heterocycles. The van der Waals surface area contributed by atoms with Crippen LogP contribution >= 0.6 is 0 Å². The van der Waals surface area contributed by atoms with Crippen LogP contribution in [0.3, 0.4) is 0 Å². The number of aliphatic hydroxyl groups is 1. The van der Waals surface area contributed by atoms with Gasteiger partial charge in [0.05, 0.1) is 13.2 Å². The Bertz CT molecular complexity index is 204. The molecule has 0 bridgehead atoms. The SMILES string of the molecule is CC(C)(CO)NC1CCN(CC(F)F)CC1. The largest absolute Gasteiger partial charge is 0.394 e. The molecule has 0 unspecified atom stereocenters. The summed E-state index contributed by atoms with van der Waals surface area (Å²) in [6.45, 7) is 5.28. The summed E-state index contributed by atoms with van der Waals surface area (Å²) in [7, 11) is 0.